The standard InChI is InChI=1S/C17H17F3N2O2/c1-21-8-9-5-6-12(21)14-13(9)15(23)22(16(14)24)11-4-2-3-10(7-11)17(18,19)20/h2-4,7,9,12-14H,5-6,8H2,1H3/t9?,12?,13-,14+/m0/s1. The second-order valence-corrected chi connectivity index (χ2v) is 6.96. The molecule has 0 aromatic heterocycles. The summed E-state index contributed by atoms with van der Waals surface area (Å²) >= 11 is 0. The van der Waals surface area contributed by atoms with Gasteiger partial charge in [-0.15, -0.1) is 0 Å². The molecule has 1 saturated carbocycles. The molecule has 4 atom stereocenters. The van der Waals surface area contributed by atoms with Crippen molar-refractivity contribution in [2.45, 2.75) is 25.1 Å². The highest BCUT2D eigenvalue weighted by atomic mass is 19.4. The van der Waals surface area contributed by atoms with Gasteiger partial charge in [-0.25, -0.2) is 4.90 Å². The van der Waals surface area contributed by atoms with E-state index in [1.807, 2.05) is 7.05 Å². The van der Waals surface area contributed by atoms with Gasteiger partial charge < -0.3 is 4.90 Å². The molecule has 2 amide bonds. The summed E-state index contributed by atoms with van der Waals surface area (Å²) < 4.78 is 38.8. The van der Waals surface area contributed by atoms with Gasteiger partial charge in [0.15, 0.2) is 0 Å². The molecule has 5 rings (SSSR count). The van der Waals surface area contributed by atoms with Crippen LogP contribution in [0.3, 0.4) is 0 Å². The van der Waals surface area contributed by atoms with Gasteiger partial charge in [-0.05, 0) is 44.0 Å². The van der Waals surface area contributed by atoms with E-state index in [0.717, 1.165) is 36.4 Å². The van der Waals surface area contributed by atoms with E-state index in [0.29, 0.717) is 0 Å². The van der Waals surface area contributed by atoms with Crippen molar-refractivity contribution in [2.75, 3.05) is 18.5 Å². The minimum absolute atomic E-state index is 0.00671. The summed E-state index contributed by atoms with van der Waals surface area (Å²) in [6.45, 7) is 0.765. The molecule has 1 aromatic carbocycles. The van der Waals surface area contributed by atoms with Gasteiger partial charge in [0.1, 0.15) is 0 Å². The predicted molar refractivity (Wildman–Crippen MR) is 80.1 cm³/mol. The Morgan fingerprint density at radius 3 is 2.46 bits per heavy atom. The fourth-order valence-corrected chi connectivity index (χ4v) is 4.64. The first-order chi connectivity index (χ1) is 11.3. The van der Waals surface area contributed by atoms with Crippen LogP contribution in [0.5, 0.6) is 0 Å². The number of imide groups is 1. The number of carbonyl (C=O) groups is 2. The number of carbonyl (C=O) groups excluding carboxylic acids is 2. The van der Waals surface area contributed by atoms with E-state index in [-0.39, 0.29) is 35.4 Å². The van der Waals surface area contributed by atoms with E-state index >= 15 is 0 Å². The summed E-state index contributed by atoms with van der Waals surface area (Å²) in [5.74, 6) is -1.40. The number of benzene rings is 1. The molecule has 4 fully saturated rings. The lowest BCUT2D eigenvalue weighted by Gasteiger charge is -2.48. The van der Waals surface area contributed by atoms with Crippen LogP contribution in [-0.2, 0) is 15.8 Å². The molecule has 0 N–H and O–H groups in total. The van der Waals surface area contributed by atoms with Crippen molar-refractivity contribution in [1.29, 1.82) is 0 Å². The zero-order valence-electron chi connectivity index (χ0n) is 13.1. The molecule has 7 heteroatoms. The van der Waals surface area contributed by atoms with E-state index < -0.39 is 17.7 Å². The van der Waals surface area contributed by atoms with Crippen LogP contribution < -0.4 is 4.90 Å². The second kappa shape index (κ2) is 5.05. The summed E-state index contributed by atoms with van der Waals surface area (Å²) in [4.78, 5) is 28.7. The first-order valence-corrected chi connectivity index (χ1v) is 8.04. The molecular weight excluding hydrogens is 321 g/mol. The van der Waals surface area contributed by atoms with E-state index in [1.165, 1.54) is 12.1 Å². The smallest absolute Gasteiger partial charge is 0.302 e. The van der Waals surface area contributed by atoms with Crippen molar-refractivity contribution in [3.63, 3.8) is 0 Å². The number of amides is 2. The van der Waals surface area contributed by atoms with Gasteiger partial charge in [0.25, 0.3) is 0 Å². The summed E-state index contributed by atoms with van der Waals surface area (Å²) in [6, 6.07) is 4.47. The summed E-state index contributed by atoms with van der Waals surface area (Å²) in [7, 11) is 1.94. The quantitative estimate of drug-likeness (QED) is 0.739. The maximum Gasteiger partial charge on any atom is 0.416 e. The number of halogens is 3. The maximum absolute atomic E-state index is 12.9. The first kappa shape index (κ1) is 15.6. The molecule has 1 aromatic rings. The van der Waals surface area contributed by atoms with E-state index in [9.17, 15) is 22.8 Å². The lowest BCUT2D eigenvalue weighted by atomic mass is 9.66. The van der Waals surface area contributed by atoms with Crippen LogP contribution in [0, 0.1) is 17.8 Å². The van der Waals surface area contributed by atoms with Gasteiger partial charge in [0, 0.05) is 12.6 Å². The number of anilines is 1. The molecule has 1 aliphatic carbocycles. The molecule has 2 unspecified atom stereocenters. The number of rotatable bonds is 1. The molecule has 4 aliphatic rings. The Morgan fingerprint density at radius 2 is 1.79 bits per heavy atom. The predicted octanol–water partition coefficient (Wildman–Crippen LogP) is 2.54. The van der Waals surface area contributed by atoms with Gasteiger partial charge in [0.2, 0.25) is 11.8 Å². The molecule has 3 heterocycles. The first-order valence-electron chi connectivity index (χ1n) is 8.04. The Bertz CT molecular complexity index is 718. The van der Waals surface area contributed by atoms with Gasteiger partial charge in [-0.3, -0.25) is 9.59 Å². The van der Waals surface area contributed by atoms with Crippen molar-refractivity contribution < 1.29 is 22.8 Å². The van der Waals surface area contributed by atoms with Crippen LogP contribution in [-0.4, -0.2) is 36.3 Å². The normalized spacial score (nSPS) is 33.2. The molecule has 3 saturated heterocycles. The minimum atomic E-state index is -4.51. The molecule has 0 spiro atoms. The Hall–Kier alpha value is -1.89. The summed E-state index contributed by atoms with van der Waals surface area (Å²) in [5.41, 5.74) is -0.827. The van der Waals surface area contributed by atoms with Crippen molar-refractivity contribution in [2.24, 2.45) is 17.8 Å². The van der Waals surface area contributed by atoms with Crippen molar-refractivity contribution in [3.8, 4) is 0 Å². The largest absolute Gasteiger partial charge is 0.416 e. The monoisotopic (exact) mass is 338 g/mol. The average molecular weight is 338 g/mol. The highest BCUT2D eigenvalue weighted by Crippen LogP contribution is 2.49. The molecule has 0 radical (unpaired) electrons. The number of hydrogen-bond donors (Lipinski definition) is 0. The van der Waals surface area contributed by atoms with E-state index in [1.54, 1.807) is 0 Å². The molecular formula is C17H17F3N2O2. The number of fused-ring (bicyclic) bond motifs is 2. The van der Waals surface area contributed by atoms with Gasteiger partial charge in [0.05, 0.1) is 23.1 Å². The highest BCUT2D eigenvalue weighted by molar-refractivity contribution is 6.22. The van der Waals surface area contributed by atoms with E-state index in [2.05, 4.69) is 4.90 Å². The third-order valence-electron chi connectivity index (χ3n) is 5.67. The molecule has 24 heavy (non-hydrogen) atoms. The third-order valence-corrected chi connectivity index (χ3v) is 5.67. The topological polar surface area (TPSA) is 40.6 Å². The molecule has 128 valence electrons. The van der Waals surface area contributed by atoms with Crippen LogP contribution in [0.25, 0.3) is 0 Å². The molecule has 2 bridgehead atoms. The van der Waals surface area contributed by atoms with Crippen LogP contribution in [0.15, 0.2) is 24.3 Å². The zero-order chi connectivity index (χ0) is 17.2. The Kier molecular flexibility index (Phi) is 3.29. The highest BCUT2D eigenvalue weighted by Gasteiger charge is 2.60. The van der Waals surface area contributed by atoms with Gasteiger partial charge in [-0.2, -0.15) is 13.2 Å². The zero-order valence-corrected chi connectivity index (χ0v) is 13.1. The fraction of sp³-hybridized carbons (Fsp3) is 0.529. The summed E-state index contributed by atoms with van der Waals surface area (Å²) in [5, 5.41) is 0. The Morgan fingerprint density at radius 1 is 1.08 bits per heavy atom. The lowest BCUT2D eigenvalue weighted by molar-refractivity contribution is -0.137. The van der Waals surface area contributed by atoms with Gasteiger partial charge >= 0.3 is 6.18 Å². The summed E-state index contributed by atoms with van der Waals surface area (Å²) in [6.07, 6.45) is -2.75. The minimum Gasteiger partial charge on any atom is -0.302 e. The maximum atomic E-state index is 12.9. The SMILES string of the molecule is CN1CC2CCC1[C@H]1C(=O)N(c3cccc(C(F)(F)F)c3)C(=O)[C@@H]21. The van der Waals surface area contributed by atoms with Crippen LogP contribution in [0.1, 0.15) is 18.4 Å². The van der Waals surface area contributed by atoms with Crippen molar-refractivity contribution in [3.05, 3.63) is 29.8 Å². The van der Waals surface area contributed by atoms with E-state index in [4.69, 9.17) is 0 Å². The van der Waals surface area contributed by atoms with Crippen LogP contribution in [0.4, 0.5) is 18.9 Å². The second-order valence-electron chi connectivity index (χ2n) is 6.96. The lowest BCUT2D eigenvalue weighted by Crippen LogP contribution is -2.56. The van der Waals surface area contributed by atoms with Crippen molar-refractivity contribution >= 4 is 17.5 Å². The Balaban J connectivity index is 1.73. The Labute approximate surface area is 137 Å². The fourth-order valence-electron chi connectivity index (χ4n) is 4.64. The number of alkyl halides is 3. The number of piperidine rings is 2. The van der Waals surface area contributed by atoms with Crippen LogP contribution >= 0.6 is 0 Å². The van der Waals surface area contributed by atoms with Crippen molar-refractivity contribution in [1.82, 2.24) is 4.90 Å². The molecule has 4 nitrogen and oxygen atoms in total. The molecule has 3 aliphatic heterocycles. The van der Waals surface area contributed by atoms with Gasteiger partial charge in [-0.1, -0.05) is 6.07 Å². The van der Waals surface area contributed by atoms with Crippen LogP contribution in [0.2, 0.25) is 0 Å². The number of hydrogen-bond acceptors (Lipinski definition) is 3. The number of nitrogens with zero attached hydrogens (tertiary/aromatic N) is 2. The third kappa shape index (κ3) is 2.10. The average Bonchev–Trinajstić information content (AvgIpc) is 2.80.